The van der Waals surface area contributed by atoms with E-state index in [-0.39, 0.29) is 0 Å². The lowest BCUT2D eigenvalue weighted by Gasteiger charge is -2.18. The van der Waals surface area contributed by atoms with Gasteiger partial charge in [-0.3, -0.25) is 0 Å². The Bertz CT molecular complexity index is 510. The molecule has 0 spiro atoms. The van der Waals surface area contributed by atoms with Gasteiger partial charge in [0.1, 0.15) is 5.75 Å². The van der Waals surface area contributed by atoms with Crippen LogP contribution in [0, 0.1) is 0 Å². The van der Waals surface area contributed by atoms with E-state index in [0.29, 0.717) is 5.92 Å². The van der Waals surface area contributed by atoms with Gasteiger partial charge in [-0.15, -0.1) is 0 Å². The minimum Gasteiger partial charge on any atom is -0.497 e. The normalized spacial score (nSPS) is 12.1. The lowest BCUT2D eigenvalue weighted by Crippen LogP contribution is -2.14. The van der Waals surface area contributed by atoms with Gasteiger partial charge in [0.25, 0.3) is 0 Å². The van der Waals surface area contributed by atoms with Gasteiger partial charge in [0.05, 0.1) is 7.11 Å². The number of hydrogen-bond acceptors (Lipinski definition) is 2. The lowest BCUT2D eigenvalue weighted by atomic mass is 9.89. The third kappa shape index (κ3) is 4.10. The Kier molecular flexibility index (Phi) is 5.63. The maximum Gasteiger partial charge on any atom is 0.119 e. The Morgan fingerprint density at radius 2 is 1.85 bits per heavy atom. The number of ether oxygens (including phenoxy) is 1. The van der Waals surface area contributed by atoms with Gasteiger partial charge in [-0.05, 0) is 55.6 Å². The Morgan fingerprint density at radius 1 is 1.05 bits per heavy atom. The monoisotopic (exact) mass is 269 g/mol. The summed E-state index contributed by atoms with van der Waals surface area (Å²) in [7, 11) is 3.72. The number of rotatable bonds is 7. The standard InChI is InChI=1S/C18H23NO/c1-19-12-11-17(16-8-4-3-5-9-16)13-15-7-6-10-18(14-15)20-2/h3-10,14,17,19H,11-13H2,1-2H3. The Morgan fingerprint density at radius 3 is 2.55 bits per heavy atom. The molecule has 106 valence electrons. The summed E-state index contributed by atoms with van der Waals surface area (Å²) in [5.74, 6) is 1.47. The first-order valence-electron chi connectivity index (χ1n) is 7.16. The van der Waals surface area contributed by atoms with Gasteiger partial charge in [0.15, 0.2) is 0 Å². The van der Waals surface area contributed by atoms with Crippen molar-refractivity contribution in [3.8, 4) is 5.75 Å². The van der Waals surface area contributed by atoms with Crippen LogP contribution in [0.15, 0.2) is 54.6 Å². The lowest BCUT2D eigenvalue weighted by molar-refractivity contribution is 0.414. The molecule has 0 radical (unpaired) electrons. The molecular weight excluding hydrogens is 246 g/mol. The molecule has 0 amide bonds. The van der Waals surface area contributed by atoms with E-state index < -0.39 is 0 Å². The predicted molar refractivity (Wildman–Crippen MR) is 84.4 cm³/mol. The van der Waals surface area contributed by atoms with E-state index in [1.165, 1.54) is 11.1 Å². The third-order valence-electron chi connectivity index (χ3n) is 3.63. The fraction of sp³-hybridized carbons (Fsp3) is 0.333. The number of methoxy groups -OCH3 is 1. The molecule has 0 saturated carbocycles. The Balaban J connectivity index is 2.14. The van der Waals surface area contributed by atoms with Crippen molar-refractivity contribution in [1.29, 1.82) is 0 Å². The number of benzene rings is 2. The van der Waals surface area contributed by atoms with Gasteiger partial charge in [0, 0.05) is 0 Å². The van der Waals surface area contributed by atoms with E-state index in [9.17, 15) is 0 Å². The molecule has 0 aromatic heterocycles. The Labute approximate surface area is 121 Å². The van der Waals surface area contributed by atoms with Crippen molar-refractivity contribution in [3.05, 3.63) is 65.7 Å². The van der Waals surface area contributed by atoms with Crippen LogP contribution in [-0.2, 0) is 6.42 Å². The van der Waals surface area contributed by atoms with Crippen LogP contribution in [0.4, 0.5) is 0 Å². The average Bonchev–Trinajstić information content (AvgIpc) is 2.52. The van der Waals surface area contributed by atoms with E-state index in [4.69, 9.17) is 4.74 Å². The topological polar surface area (TPSA) is 21.3 Å². The summed E-state index contributed by atoms with van der Waals surface area (Å²) in [6.45, 7) is 1.03. The molecule has 2 heteroatoms. The predicted octanol–water partition coefficient (Wildman–Crippen LogP) is 3.63. The average molecular weight is 269 g/mol. The van der Waals surface area contributed by atoms with E-state index in [1.807, 2.05) is 13.1 Å². The van der Waals surface area contributed by atoms with Gasteiger partial charge in [0.2, 0.25) is 0 Å². The molecular formula is C18H23NO. The second kappa shape index (κ2) is 7.71. The summed E-state index contributed by atoms with van der Waals surface area (Å²) in [6, 6.07) is 19.1. The van der Waals surface area contributed by atoms with Gasteiger partial charge < -0.3 is 10.1 Å². The highest BCUT2D eigenvalue weighted by Gasteiger charge is 2.12. The second-order valence-corrected chi connectivity index (χ2v) is 5.06. The molecule has 0 saturated heterocycles. The van der Waals surface area contributed by atoms with Crippen molar-refractivity contribution < 1.29 is 4.74 Å². The first-order valence-corrected chi connectivity index (χ1v) is 7.16. The molecule has 0 heterocycles. The van der Waals surface area contributed by atoms with Crippen LogP contribution in [0.25, 0.3) is 0 Å². The molecule has 0 aliphatic heterocycles. The zero-order valence-electron chi connectivity index (χ0n) is 12.3. The summed E-state index contributed by atoms with van der Waals surface area (Å²) < 4.78 is 5.31. The summed E-state index contributed by atoms with van der Waals surface area (Å²) in [5, 5.41) is 3.25. The molecule has 2 nitrogen and oxygen atoms in total. The smallest absolute Gasteiger partial charge is 0.119 e. The molecule has 2 aromatic carbocycles. The summed E-state index contributed by atoms with van der Waals surface area (Å²) in [4.78, 5) is 0. The van der Waals surface area contributed by atoms with Gasteiger partial charge in [-0.1, -0.05) is 42.5 Å². The van der Waals surface area contributed by atoms with Gasteiger partial charge in [-0.2, -0.15) is 0 Å². The van der Waals surface area contributed by atoms with Crippen molar-refractivity contribution in [3.63, 3.8) is 0 Å². The maximum atomic E-state index is 5.31. The summed E-state index contributed by atoms with van der Waals surface area (Å²) in [5.41, 5.74) is 2.74. The fourth-order valence-electron chi connectivity index (χ4n) is 2.51. The quantitative estimate of drug-likeness (QED) is 0.828. The van der Waals surface area contributed by atoms with E-state index in [1.54, 1.807) is 7.11 Å². The van der Waals surface area contributed by atoms with Gasteiger partial charge in [-0.25, -0.2) is 0 Å². The number of hydrogen-bond donors (Lipinski definition) is 1. The second-order valence-electron chi connectivity index (χ2n) is 5.06. The van der Waals surface area contributed by atoms with Crippen LogP contribution in [0.3, 0.4) is 0 Å². The molecule has 2 rings (SSSR count). The molecule has 1 atom stereocenters. The summed E-state index contributed by atoms with van der Waals surface area (Å²) in [6.07, 6.45) is 2.18. The molecule has 1 N–H and O–H groups in total. The highest BCUT2D eigenvalue weighted by molar-refractivity contribution is 5.31. The Hall–Kier alpha value is -1.80. The maximum absolute atomic E-state index is 5.31. The zero-order chi connectivity index (χ0) is 14.2. The first-order chi connectivity index (χ1) is 9.83. The number of nitrogens with one attached hydrogen (secondary N) is 1. The highest BCUT2D eigenvalue weighted by atomic mass is 16.5. The van der Waals surface area contributed by atoms with Crippen molar-refractivity contribution in [2.24, 2.45) is 0 Å². The van der Waals surface area contributed by atoms with Crippen molar-refractivity contribution >= 4 is 0 Å². The molecule has 0 aliphatic rings. The van der Waals surface area contributed by atoms with E-state index >= 15 is 0 Å². The molecule has 0 aliphatic carbocycles. The van der Waals surface area contributed by atoms with E-state index in [2.05, 4.69) is 53.8 Å². The third-order valence-corrected chi connectivity index (χ3v) is 3.63. The van der Waals surface area contributed by atoms with Crippen LogP contribution in [0.1, 0.15) is 23.5 Å². The van der Waals surface area contributed by atoms with E-state index in [0.717, 1.165) is 25.1 Å². The van der Waals surface area contributed by atoms with Crippen LogP contribution in [0.2, 0.25) is 0 Å². The van der Waals surface area contributed by atoms with Crippen molar-refractivity contribution in [1.82, 2.24) is 5.32 Å². The van der Waals surface area contributed by atoms with Crippen LogP contribution in [0.5, 0.6) is 5.75 Å². The fourth-order valence-corrected chi connectivity index (χ4v) is 2.51. The van der Waals surface area contributed by atoms with Crippen molar-refractivity contribution in [2.75, 3.05) is 20.7 Å². The van der Waals surface area contributed by atoms with Gasteiger partial charge >= 0.3 is 0 Å². The van der Waals surface area contributed by atoms with Crippen molar-refractivity contribution in [2.45, 2.75) is 18.8 Å². The van der Waals surface area contributed by atoms with Crippen LogP contribution >= 0.6 is 0 Å². The molecule has 20 heavy (non-hydrogen) atoms. The molecule has 2 aromatic rings. The molecule has 0 fully saturated rings. The zero-order valence-corrected chi connectivity index (χ0v) is 12.3. The summed E-state index contributed by atoms with van der Waals surface area (Å²) >= 11 is 0. The van der Waals surface area contributed by atoms with Crippen LogP contribution in [-0.4, -0.2) is 20.7 Å². The minimum absolute atomic E-state index is 0.538. The molecule has 1 unspecified atom stereocenters. The minimum atomic E-state index is 0.538. The SMILES string of the molecule is CNCCC(Cc1cccc(OC)c1)c1ccccc1. The molecule has 0 bridgehead atoms. The first kappa shape index (κ1) is 14.6. The van der Waals surface area contributed by atoms with Crippen LogP contribution < -0.4 is 10.1 Å². The largest absolute Gasteiger partial charge is 0.497 e. The highest BCUT2D eigenvalue weighted by Crippen LogP contribution is 2.25.